The van der Waals surface area contributed by atoms with Crippen LogP contribution in [0.4, 0.5) is 0 Å². The third kappa shape index (κ3) is 5.32. The van der Waals surface area contributed by atoms with Crippen molar-refractivity contribution >= 4 is 30.4 Å². The molecular formula is C28H32O4Si. The molecule has 0 aliphatic carbocycles. The van der Waals surface area contributed by atoms with Crippen molar-refractivity contribution in [2.45, 2.75) is 45.8 Å². The summed E-state index contributed by atoms with van der Waals surface area (Å²) < 4.78 is 11.7. The van der Waals surface area contributed by atoms with Gasteiger partial charge in [-0.25, -0.2) is 0 Å². The van der Waals surface area contributed by atoms with Crippen molar-refractivity contribution in [3.63, 3.8) is 0 Å². The average Bonchev–Trinajstić information content (AvgIpc) is 2.81. The smallest absolute Gasteiger partial charge is 0.313 e. The predicted molar refractivity (Wildman–Crippen MR) is 135 cm³/mol. The quantitative estimate of drug-likeness (QED) is 0.209. The second kappa shape index (κ2) is 10.3. The van der Waals surface area contributed by atoms with Crippen LogP contribution in [0.2, 0.25) is 5.04 Å². The minimum absolute atomic E-state index is 0.137. The van der Waals surface area contributed by atoms with E-state index in [9.17, 15) is 9.59 Å². The fraction of sp³-hybridized carbons (Fsp3) is 0.286. The zero-order valence-electron chi connectivity index (χ0n) is 20.1. The van der Waals surface area contributed by atoms with Crippen LogP contribution in [0.3, 0.4) is 0 Å². The first-order chi connectivity index (χ1) is 15.7. The van der Waals surface area contributed by atoms with Crippen LogP contribution in [0.25, 0.3) is 0 Å². The number of carbonyl (C=O) groups excluding carboxylic acids is 2. The van der Waals surface area contributed by atoms with Gasteiger partial charge < -0.3 is 9.16 Å². The van der Waals surface area contributed by atoms with Gasteiger partial charge in [-0.3, -0.25) is 9.59 Å². The van der Waals surface area contributed by atoms with Crippen LogP contribution < -0.4 is 10.4 Å². The highest BCUT2D eigenvalue weighted by Gasteiger charge is 2.50. The molecule has 3 aromatic carbocycles. The van der Waals surface area contributed by atoms with E-state index < -0.39 is 14.3 Å². The molecule has 0 aliphatic rings. The van der Waals surface area contributed by atoms with Crippen LogP contribution in [0.15, 0.2) is 78.9 Å². The molecule has 0 atom stereocenters. The van der Waals surface area contributed by atoms with Gasteiger partial charge in [-0.15, -0.1) is 0 Å². The Labute approximate surface area is 197 Å². The lowest BCUT2D eigenvalue weighted by atomic mass is 10.0. The first-order valence-electron chi connectivity index (χ1n) is 11.1. The maximum atomic E-state index is 12.5. The molecule has 0 saturated carbocycles. The fourth-order valence-electron chi connectivity index (χ4n) is 4.25. The number of Topliss-reactive ketones (excluding diaryl/α,β-unsaturated/α-hetero) is 1. The summed E-state index contributed by atoms with van der Waals surface area (Å²) in [4.78, 5) is 24.1. The van der Waals surface area contributed by atoms with E-state index in [0.717, 1.165) is 11.1 Å². The average molecular weight is 461 g/mol. The van der Waals surface area contributed by atoms with Crippen molar-refractivity contribution in [1.29, 1.82) is 0 Å². The van der Waals surface area contributed by atoms with Crippen LogP contribution >= 0.6 is 0 Å². The number of hydrogen-bond donors (Lipinski definition) is 0. The monoisotopic (exact) mass is 460 g/mol. The number of hydrogen-bond acceptors (Lipinski definition) is 4. The lowest BCUT2D eigenvalue weighted by Gasteiger charge is -2.43. The number of ether oxygens (including phenoxy) is 1. The molecule has 0 aromatic heterocycles. The third-order valence-electron chi connectivity index (χ3n) is 6.06. The van der Waals surface area contributed by atoms with Crippen molar-refractivity contribution in [1.82, 2.24) is 0 Å². The molecule has 0 unspecified atom stereocenters. The Hall–Kier alpha value is -3.02. The fourth-order valence-corrected chi connectivity index (χ4v) is 8.78. The number of carbonyl (C=O) groups is 2. The van der Waals surface area contributed by atoms with Gasteiger partial charge in [0, 0.05) is 5.56 Å². The molecule has 4 nitrogen and oxygen atoms in total. The van der Waals surface area contributed by atoms with Gasteiger partial charge in [0.1, 0.15) is 6.42 Å². The maximum absolute atomic E-state index is 12.5. The molecule has 0 radical (unpaired) electrons. The van der Waals surface area contributed by atoms with Crippen LogP contribution in [0, 0.1) is 6.92 Å². The lowest BCUT2D eigenvalue weighted by molar-refractivity contribution is -0.139. The number of benzene rings is 3. The number of methoxy groups -OCH3 is 1. The van der Waals surface area contributed by atoms with Crippen molar-refractivity contribution in [3.8, 4) is 0 Å². The molecule has 172 valence electrons. The van der Waals surface area contributed by atoms with Gasteiger partial charge >= 0.3 is 5.97 Å². The highest BCUT2D eigenvalue weighted by Crippen LogP contribution is 2.37. The van der Waals surface area contributed by atoms with E-state index in [0.29, 0.717) is 12.2 Å². The molecule has 3 aromatic rings. The largest absolute Gasteiger partial charge is 0.469 e. The Morgan fingerprint density at radius 3 is 1.88 bits per heavy atom. The summed E-state index contributed by atoms with van der Waals surface area (Å²) in [6.07, 6.45) is -0.269. The summed E-state index contributed by atoms with van der Waals surface area (Å²) in [6.45, 7) is 9.10. The zero-order valence-corrected chi connectivity index (χ0v) is 21.1. The Balaban J connectivity index is 2.03. The van der Waals surface area contributed by atoms with E-state index >= 15 is 0 Å². The van der Waals surface area contributed by atoms with Crippen LogP contribution in [-0.4, -0.2) is 27.2 Å². The predicted octanol–water partition coefficient (Wildman–Crippen LogP) is 4.82. The second-order valence-electron chi connectivity index (χ2n) is 9.27. The van der Waals surface area contributed by atoms with Gasteiger partial charge in [0.15, 0.2) is 5.78 Å². The standard InChI is InChI=1S/C28H32O4Si/c1-21-16-17-22(26(29)19-27(30)31-5)18-23(21)20-32-33(28(2,3)4,24-12-8-6-9-13-24)25-14-10-7-11-15-25/h6-18H,19-20H2,1-5H3. The highest BCUT2D eigenvalue weighted by atomic mass is 28.4. The summed E-state index contributed by atoms with van der Waals surface area (Å²) >= 11 is 0. The molecule has 3 rings (SSSR count). The molecule has 0 N–H and O–H groups in total. The van der Waals surface area contributed by atoms with E-state index in [1.54, 1.807) is 6.07 Å². The van der Waals surface area contributed by atoms with Gasteiger partial charge in [-0.2, -0.15) is 0 Å². The molecule has 5 heteroatoms. The Bertz CT molecular complexity index is 1060. The number of ketones is 1. The molecule has 0 spiro atoms. The minimum Gasteiger partial charge on any atom is -0.469 e. The summed E-state index contributed by atoms with van der Waals surface area (Å²) in [7, 11) is -1.41. The third-order valence-corrected chi connectivity index (χ3v) is 11.0. The van der Waals surface area contributed by atoms with Gasteiger partial charge in [-0.05, 0) is 39.5 Å². The first kappa shape index (κ1) is 24.6. The molecule has 0 amide bonds. The second-order valence-corrected chi connectivity index (χ2v) is 13.6. The SMILES string of the molecule is COC(=O)CC(=O)c1ccc(C)c(CO[Si](c2ccccc2)(c2ccccc2)C(C)(C)C)c1. The lowest BCUT2D eigenvalue weighted by Crippen LogP contribution is -2.66. The van der Waals surface area contributed by atoms with Crippen LogP contribution in [0.5, 0.6) is 0 Å². The van der Waals surface area contributed by atoms with Crippen molar-refractivity contribution in [2.75, 3.05) is 7.11 Å². The zero-order chi connectivity index (χ0) is 24.1. The molecule has 0 saturated heterocycles. The Morgan fingerprint density at radius 2 is 1.39 bits per heavy atom. The number of esters is 1. The van der Waals surface area contributed by atoms with Crippen molar-refractivity contribution in [2.24, 2.45) is 0 Å². The van der Waals surface area contributed by atoms with Gasteiger partial charge in [0.25, 0.3) is 8.32 Å². The van der Waals surface area contributed by atoms with Crippen LogP contribution in [-0.2, 0) is 20.6 Å². The van der Waals surface area contributed by atoms with Gasteiger partial charge in [0.05, 0.1) is 13.7 Å². The van der Waals surface area contributed by atoms with E-state index in [2.05, 4.69) is 74.0 Å². The normalized spacial score (nSPS) is 11.8. The highest BCUT2D eigenvalue weighted by molar-refractivity contribution is 6.99. The molecule has 0 heterocycles. The Morgan fingerprint density at radius 1 is 0.848 bits per heavy atom. The Kier molecular flexibility index (Phi) is 7.67. The topological polar surface area (TPSA) is 52.6 Å². The van der Waals surface area contributed by atoms with E-state index in [1.807, 2.05) is 31.2 Å². The summed E-state index contributed by atoms with van der Waals surface area (Å²) in [5, 5.41) is 2.28. The maximum Gasteiger partial charge on any atom is 0.313 e. The molecule has 0 bridgehead atoms. The molecule has 33 heavy (non-hydrogen) atoms. The van der Waals surface area contributed by atoms with E-state index in [1.165, 1.54) is 17.5 Å². The summed E-state index contributed by atoms with van der Waals surface area (Å²) in [6, 6.07) is 26.5. The van der Waals surface area contributed by atoms with Crippen molar-refractivity contribution in [3.05, 3.63) is 95.6 Å². The number of aryl methyl sites for hydroxylation is 1. The number of rotatable bonds is 8. The molecule has 0 aliphatic heterocycles. The molecular weight excluding hydrogens is 428 g/mol. The summed E-state index contributed by atoms with van der Waals surface area (Å²) in [5.74, 6) is -0.792. The minimum atomic E-state index is -2.69. The first-order valence-corrected chi connectivity index (χ1v) is 13.0. The van der Waals surface area contributed by atoms with Crippen molar-refractivity contribution < 1.29 is 18.8 Å². The van der Waals surface area contributed by atoms with Gasteiger partial charge in [0.2, 0.25) is 0 Å². The van der Waals surface area contributed by atoms with Gasteiger partial charge in [-0.1, -0.05) is 93.6 Å². The molecule has 0 fully saturated rings. The van der Waals surface area contributed by atoms with E-state index in [4.69, 9.17) is 4.43 Å². The summed E-state index contributed by atoms with van der Waals surface area (Å²) in [5.41, 5.74) is 2.48. The van der Waals surface area contributed by atoms with E-state index in [-0.39, 0.29) is 17.2 Å². The van der Waals surface area contributed by atoms with Crippen LogP contribution in [0.1, 0.15) is 48.7 Å².